The summed E-state index contributed by atoms with van der Waals surface area (Å²) >= 11 is 0. The molecule has 1 heterocycles. The van der Waals surface area contributed by atoms with E-state index >= 15 is 0 Å². The zero-order valence-electron chi connectivity index (χ0n) is 13.4. The number of amides is 1. The number of carbonyl (C=O) groups excluding carboxylic acids is 1. The van der Waals surface area contributed by atoms with Crippen molar-refractivity contribution in [2.24, 2.45) is 0 Å². The summed E-state index contributed by atoms with van der Waals surface area (Å²) < 4.78 is 3.84. The molecule has 3 rings (SSSR count). The summed E-state index contributed by atoms with van der Waals surface area (Å²) in [6.45, 7) is 8.16. The molecule has 0 spiro atoms. The molecule has 4 heteroatoms. The van der Waals surface area contributed by atoms with Crippen LogP contribution >= 0.6 is 0 Å². The maximum atomic E-state index is 12.4. The number of benzene rings is 2. The van der Waals surface area contributed by atoms with Gasteiger partial charge in [0.05, 0.1) is 6.20 Å². The molecular weight excluding hydrogens is 286 g/mol. The molecular formula is C19H20N3O+. The lowest BCUT2D eigenvalue weighted by atomic mass is 10.1. The molecule has 0 radical (unpaired) electrons. The first kappa shape index (κ1) is 15.0. The predicted octanol–water partition coefficient (Wildman–Crippen LogP) is 3.28. The quantitative estimate of drug-likeness (QED) is 0.738. The van der Waals surface area contributed by atoms with Crippen molar-refractivity contribution in [2.45, 2.75) is 20.4 Å². The molecule has 0 unspecified atom stereocenters. The zero-order chi connectivity index (χ0) is 16.4. The Hall–Kier alpha value is -2.88. The van der Waals surface area contributed by atoms with Crippen LogP contribution in [0.4, 0.5) is 5.69 Å². The molecule has 0 saturated carbocycles. The molecule has 3 aromatic rings. The highest BCUT2D eigenvalue weighted by Gasteiger charge is 2.16. The van der Waals surface area contributed by atoms with Crippen LogP contribution in [0.25, 0.3) is 17.2 Å². The number of hydrogen-bond acceptors (Lipinski definition) is 1. The molecule has 1 N–H and O–H groups in total. The summed E-state index contributed by atoms with van der Waals surface area (Å²) in [6.07, 6.45) is 3.62. The van der Waals surface area contributed by atoms with Crippen molar-refractivity contribution in [3.63, 3.8) is 0 Å². The van der Waals surface area contributed by atoms with Crippen LogP contribution in [0.2, 0.25) is 0 Å². The molecule has 0 aliphatic rings. The Kier molecular flexibility index (Phi) is 3.98. The first-order valence-electron chi connectivity index (χ1n) is 7.57. The summed E-state index contributed by atoms with van der Waals surface area (Å²) in [5, 5.41) is 2.96. The van der Waals surface area contributed by atoms with E-state index in [2.05, 4.69) is 18.8 Å². The van der Waals surface area contributed by atoms with Crippen LogP contribution in [0.15, 0.2) is 55.4 Å². The summed E-state index contributed by atoms with van der Waals surface area (Å²) in [5.41, 5.74) is 5.24. The third kappa shape index (κ3) is 3.01. The van der Waals surface area contributed by atoms with Gasteiger partial charge in [0.15, 0.2) is 17.6 Å². The lowest BCUT2D eigenvalue weighted by Crippen LogP contribution is -2.39. The van der Waals surface area contributed by atoms with Crippen LogP contribution in [0.3, 0.4) is 0 Å². The van der Waals surface area contributed by atoms with Crippen LogP contribution < -0.4 is 9.88 Å². The molecule has 0 aliphatic heterocycles. The van der Waals surface area contributed by atoms with Gasteiger partial charge in [-0.25, -0.2) is 9.13 Å². The second-order valence-electron chi connectivity index (χ2n) is 5.67. The monoisotopic (exact) mass is 306 g/mol. The topological polar surface area (TPSA) is 37.9 Å². The number of para-hydroxylation sites is 2. The summed E-state index contributed by atoms with van der Waals surface area (Å²) in [5.74, 6) is -0.0507. The summed E-state index contributed by atoms with van der Waals surface area (Å²) in [4.78, 5) is 12.4. The number of fused-ring (bicyclic) bond motifs is 1. The number of anilines is 1. The van der Waals surface area contributed by atoms with Crippen molar-refractivity contribution in [3.8, 4) is 0 Å². The largest absolute Gasteiger partial charge is 0.323 e. The van der Waals surface area contributed by atoms with E-state index in [1.54, 1.807) is 6.20 Å². The lowest BCUT2D eigenvalue weighted by Gasteiger charge is -2.06. The third-order valence-electron chi connectivity index (χ3n) is 4.03. The van der Waals surface area contributed by atoms with E-state index in [4.69, 9.17) is 0 Å². The molecule has 0 saturated heterocycles. The second kappa shape index (κ2) is 6.08. The van der Waals surface area contributed by atoms with Crippen molar-refractivity contribution in [3.05, 3.63) is 66.5 Å². The average Bonchev–Trinajstić information content (AvgIpc) is 2.89. The Morgan fingerprint density at radius 3 is 2.74 bits per heavy atom. The minimum atomic E-state index is -0.0507. The fourth-order valence-electron chi connectivity index (χ4n) is 2.65. The molecule has 0 fully saturated rings. The smallest absolute Gasteiger partial charge is 0.266 e. The number of aryl methyl sites for hydroxylation is 2. The van der Waals surface area contributed by atoms with Gasteiger partial charge in [0.1, 0.15) is 0 Å². The predicted molar refractivity (Wildman–Crippen MR) is 93.1 cm³/mol. The number of aromatic nitrogens is 2. The molecule has 23 heavy (non-hydrogen) atoms. The van der Waals surface area contributed by atoms with Gasteiger partial charge in [-0.15, -0.1) is 0 Å². The molecule has 116 valence electrons. The highest BCUT2D eigenvalue weighted by Crippen LogP contribution is 2.14. The number of nitrogens with one attached hydrogen (secondary N) is 1. The van der Waals surface area contributed by atoms with E-state index in [0.717, 1.165) is 16.7 Å². The number of imidazole rings is 1. The molecule has 2 aromatic carbocycles. The number of nitrogens with zero attached hydrogens (tertiary/aromatic N) is 2. The van der Waals surface area contributed by atoms with Gasteiger partial charge < -0.3 is 5.32 Å². The highest BCUT2D eigenvalue weighted by atomic mass is 16.1. The first-order chi connectivity index (χ1) is 11.1. The van der Waals surface area contributed by atoms with E-state index in [1.807, 2.05) is 64.8 Å². The maximum Gasteiger partial charge on any atom is 0.266 e. The molecule has 0 bridgehead atoms. The van der Waals surface area contributed by atoms with Crippen molar-refractivity contribution >= 4 is 28.8 Å². The Bertz CT molecular complexity index is 893. The van der Waals surface area contributed by atoms with Crippen LogP contribution in [0.1, 0.15) is 11.1 Å². The fourth-order valence-corrected chi connectivity index (χ4v) is 2.65. The first-order valence-corrected chi connectivity index (χ1v) is 7.57. The Labute approximate surface area is 135 Å². The van der Waals surface area contributed by atoms with Crippen molar-refractivity contribution in [1.29, 1.82) is 0 Å². The van der Waals surface area contributed by atoms with Gasteiger partial charge in [-0.05, 0) is 49.2 Å². The lowest BCUT2D eigenvalue weighted by molar-refractivity contribution is -0.658. The summed E-state index contributed by atoms with van der Waals surface area (Å²) in [7, 11) is 0. The van der Waals surface area contributed by atoms with Crippen LogP contribution in [-0.4, -0.2) is 10.5 Å². The van der Waals surface area contributed by atoms with E-state index in [-0.39, 0.29) is 12.5 Å². The van der Waals surface area contributed by atoms with Gasteiger partial charge in [0.2, 0.25) is 6.33 Å². The van der Waals surface area contributed by atoms with Crippen LogP contribution in [0.5, 0.6) is 0 Å². The standard InChI is InChI=1S/C19H19N3O/c1-4-21-13-22(18-8-6-5-7-17(18)21)12-19(23)20-16-10-9-14(2)15(3)11-16/h4-11,13H,1,12H2,2-3H3/p+1. The number of hydrogen-bond donors (Lipinski definition) is 1. The van der Waals surface area contributed by atoms with Gasteiger partial charge in [-0.2, -0.15) is 0 Å². The Morgan fingerprint density at radius 2 is 2.00 bits per heavy atom. The molecule has 1 amide bonds. The zero-order valence-corrected chi connectivity index (χ0v) is 13.4. The maximum absolute atomic E-state index is 12.4. The SMILES string of the molecule is C=Cn1c[n+](CC(=O)Nc2ccc(C)c(C)c2)c2ccccc21. The Balaban J connectivity index is 1.83. The van der Waals surface area contributed by atoms with E-state index in [1.165, 1.54) is 11.1 Å². The molecule has 0 atom stereocenters. The van der Waals surface area contributed by atoms with Gasteiger partial charge >= 0.3 is 0 Å². The van der Waals surface area contributed by atoms with E-state index in [0.29, 0.717) is 0 Å². The van der Waals surface area contributed by atoms with Crippen LogP contribution in [-0.2, 0) is 11.3 Å². The average molecular weight is 306 g/mol. The van der Waals surface area contributed by atoms with Gasteiger partial charge in [-0.3, -0.25) is 4.79 Å². The Morgan fingerprint density at radius 1 is 1.22 bits per heavy atom. The van der Waals surface area contributed by atoms with Crippen molar-refractivity contribution < 1.29 is 9.36 Å². The van der Waals surface area contributed by atoms with E-state index in [9.17, 15) is 4.79 Å². The molecule has 1 aromatic heterocycles. The molecule has 4 nitrogen and oxygen atoms in total. The fraction of sp³-hybridized carbons (Fsp3) is 0.158. The third-order valence-corrected chi connectivity index (χ3v) is 4.03. The highest BCUT2D eigenvalue weighted by molar-refractivity contribution is 5.90. The van der Waals surface area contributed by atoms with Crippen molar-refractivity contribution in [2.75, 3.05) is 5.32 Å². The minimum absolute atomic E-state index is 0.0507. The summed E-state index contributed by atoms with van der Waals surface area (Å²) in [6, 6.07) is 13.9. The van der Waals surface area contributed by atoms with E-state index < -0.39 is 0 Å². The van der Waals surface area contributed by atoms with Crippen LogP contribution in [0, 0.1) is 13.8 Å². The number of rotatable bonds is 4. The normalized spacial score (nSPS) is 10.7. The molecule has 0 aliphatic carbocycles. The second-order valence-corrected chi connectivity index (χ2v) is 5.67. The van der Waals surface area contributed by atoms with Gasteiger partial charge in [-0.1, -0.05) is 24.8 Å². The van der Waals surface area contributed by atoms with Gasteiger partial charge in [0, 0.05) is 5.69 Å². The minimum Gasteiger partial charge on any atom is -0.323 e. The number of carbonyl (C=O) groups is 1. The van der Waals surface area contributed by atoms with Gasteiger partial charge in [0.25, 0.3) is 5.91 Å². The van der Waals surface area contributed by atoms with Crippen molar-refractivity contribution in [1.82, 2.24) is 4.57 Å².